The number of methoxy groups -OCH3 is 1. The van der Waals surface area contributed by atoms with Gasteiger partial charge in [0.15, 0.2) is 0 Å². The topological polar surface area (TPSA) is 157 Å². The van der Waals surface area contributed by atoms with Crippen LogP contribution in [0.1, 0.15) is 62.9 Å². The second-order valence-electron chi connectivity index (χ2n) is 9.76. The lowest BCUT2D eigenvalue weighted by Crippen LogP contribution is -2.27. The molecule has 0 saturated heterocycles. The molecule has 0 aliphatic carbocycles. The maximum absolute atomic E-state index is 13.0. The second kappa shape index (κ2) is 15.8. The average Bonchev–Trinajstić information content (AvgIpc) is 3.69. The third-order valence-corrected chi connectivity index (χ3v) is 7.20. The van der Waals surface area contributed by atoms with Crippen molar-refractivity contribution in [3.8, 4) is 16.9 Å². The molecule has 0 fully saturated rings. The number of fused-ring (bicyclic) bond motifs is 4. The number of carbonyl (C=O) groups excluding carboxylic acids is 3. The number of benzene rings is 2. The maximum Gasteiger partial charge on any atom is 0.305 e. The van der Waals surface area contributed by atoms with E-state index in [0.717, 1.165) is 19.3 Å². The number of hydrogen-bond acceptors (Lipinski definition) is 8. The van der Waals surface area contributed by atoms with Gasteiger partial charge in [-0.05, 0) is 53.6 Å². The summed E-state index contributed by atoms with van der Waals surface area (Å²) in [6.07, 6.45) is 8.43. The Kier molecular flexibility index (Phi) is 11.6. The van der Waals surface area contributed by atoms with Crippen molar-refractivity contribution in [3.05, 3.63) is 76.4 Å². The monoisotopic (exact) mass is 638 g/mol. The predicted molar refractivity (Wildman–Crippen MR) is 167 cm³/mol. The number of ether oxygens (including phenoxy) is 1. The summed E-state index contributed by atoms with van der Waals surface area (Å²) in [6.45, 7) is 1.76. The third kappa shape index (κ3) is 8.74. The van der Waals surface area contributed by atoms with Crippen molar-refractivity contribution >= 4 is 52.7 Å². The van der Waals surface area contributed by atoms with Crippen LogP contribution in [0.25, 0.3) is 23.0 Å². The fourth-order valence-corrected chi connectivity index (χ4v) is 4.90. The van der Waals surface area contributed by atoms with E-state index in [4.69, 9.17) is 28.2 Å². The van der Waals surface area contributed by atoms with Gasteiger partial charge in [0.1, 0.15) is 23.0 Å². The summed E-state index contributed by atoms with van der Waals surface area (Å²) in [6, 6.07) is 12.2. The molecule has 1 atom stereocenters. The molecule has 2 aromatic heterocycles. The van der Waals surface area contributed by atoms with Gasteiger partial charge in [0.2, 0.25) is 11.8 Å². The minimum Gasteiger partial charge on any atom is -0.469 e. The average molecular weight is 640 g/mol. The third-order valence-electron chi connectivity index (χ3n) is 6.69. The molecule has 3 N–H and O–H groups in total. The second-order valence-corrected chi connectivity index (χ2v) is 10.6. The number of tetrazole rings is 1. The van der Waals surface area contributed by atoms with Crippen LogP contribution in [0.2, 0.25) is 10.2 Å². The molecular formula is C30H32Cl2N8O4. The quantitative estimate of drug-likeness (QED) is 0.185. The van der Waals surface area contributed by atoms with Crippen LogP contribution in [0.3, 0.4) is 0 Å². The van der Waals surface area contributed by atoms with Crippen molar-refractivity contribution < 1.29 is 19.1 Å². The van der Waals surface area contributed by atoms with Gasteiger partial charge in [0, 0.05) is 35.1 Å². The lowest BCUT2D eigenvalue weighted by atomic mass is 10.1. The summed E-state index contributed by atoms with van der Waals surface area (Å²) in [5.41, 5.74) is 3.20. The van der Waals surface area contributed by atoms with E-state index in [0.29, 0.717) is 63.5 Å². The van der Waals surface area contributed by atoms with Gasteiger partial charge < -0.3 is 20.4 Å². The van der Waals surface area contributed by atoms with Crippen molar-refractivity contribution in [1.29, 1.82) is 0 Å². The Labute approximate surface area is 264 Å². The number of para-hydroxylation sites is 1. The molecule has 14 heteroatoms. The Hall–Kier alpha value is -4.55. The molecule has 0 radical (unpaired) electrons. The molecule has 0 saturated carbocycles. The largest absolute Gasteiger partial charge is 0.469 e. The Balaban J connectivity index is 0.000000670. The lowest BCUT2D eigenvalue weighted by molar-refractivity contribution is -0.140. The van der Waals surface area contributed by atoms with Crippen LogP contribution < -0.4 is 10.6 Å². The number of anilines is 1. The van der Waals surface area contributed by atoms with E-state index in [2.05, 4.69) is 35.9 Å². The van der Waals surface area contributed by atoms with Crippen molar-refractivity contribution in [2.24, 2.45) is 0 Å². The normalized spacial score (nSPS) is 15.0. The number of nitrogens with zero attached hydrogens (tertiary/aromatic N) is 5. The van der Waals surface area contributed by atoms with Crippen LogP contribution in [0.15, 0.2) is 54.9 Å². The summed E-state index contributed by atoms with van der Waals surface area (Å²) in [4.78, 5) is 43.3. The maximum atomic E-state index is 13.0. The highest BCUT2D eigenvalue weighted by molar-refractivity contribution is 6.32. The summed E-state index contributed by atoms with van der Waals surface area (Å²) < 4.78 is 5.75. The molecule has 1 aliphatic rings. The molecule has 44 heavy (non-hydrogen) atoms. The highest BCUT2D eigenvalue weighted by atomic mass is 35.5. The Morgan fingerprint density at radius 2 is 1.98 bits per heavy atom. The Bertz CT molecular complexity index is 1610. The molecule has 0 unspecified atom stereocenters. The molecule has 5 rings (SSSR count). The molecule has 2 bridgehead atoms. The minimum absolute atomic E-state index is 0.0550. The zero-order chi connectivity index (χ0) is 31.5. The van der Waals surface area contributed by atoms with E-state index in [1.165, 1.54) is 24.2 Å². The van der Waals surface area contributed by atoms with Crippen LogP contribution in [0, 0.1) is 0 Å². The van der Waals surface area contributed by atoms with Crippen LogP contribution in [0.4, 0.5) is 5.69 Å². The van der Waals surface area contributed by atoms with Crippen LogP contribution in [-0.4, -0.2) is 55.1 Å². The highest BCUT2D eigenvalue weighted by Crippen LogP contribution is 2.34. The molecule has 1 aliphatic heterocycles. The summed E-state index contributed by atoms with van der Waals surface area (Å²) in [7, 11) is 1.38. The molecule has 2 amide bonds. The zero-order valence-corrected chi connectivity index (χ0v) is 25.7. The van der Waals surface area contributed by atoms with Crippen LogP contribution >= 0.6 is 23.2 Å². The number of aromatic amines is 1. The number of halogens is 2. The Morgan fingerprint density at radius 1 is 1.16 bits per heavy atom. The number of carbonyl (C=O) groups is 3. The first-order valence-corrected chi connectivity index (χ1v) is 14.8. The van der Waals surface area contributed by atoms with E-state index in [1.807, 2.05) is 24.3 Å². The first kappa shape index (κ1) is 32.4. The highest BCUT2D eigenvalue weighted by Gasteiger charge is 2.22. The smallest absolute Gasteiger partial charge is 0.305 e. The summed E-state index contributed by atoms with van der Waals surface area (Å²) in [5, 5.41) is 18.1. The van der Waals surface area contributed by atoms with E-state index in [9.17, 15) is 14.4 Å². The lowest BCUT2D eigenvalue weighted by Gasteiger charge is -2.16. The molecule has 3 heterocycles. The van der Waals surface area contributed by atoms with E-state index >= 15 is 0 Å². The molecule has 12 nitrogen and oxygen atoms in total. The van der Waals surface area contributed by atoms with Crippen molar-refractivity contribution in [1.82, 2.24) is 35.5 Å². The molecule has 230 valence electrons. The van der Waals surface area contributed by atoms with E-state index in [-0.39, 0.29) is 17.8 Å². The predicted octanol–water partition coefficient (Wildman–Crippen LogP) is 5.70. The standard InChI is InChI=1S/C26H24Cl2N8O2.C4H8O2/c27-17-11-12-21(36-15-29-34-35-36)16(14-17)10-13-23(38)31-20-8-2-1-3-9-22(37)30-19-7-5-4-6-18(19)24-25(28)33-26(20)32-24;1-3-4(5)6-2/h4-7,10-15,20H,1-3,8-9H2,(H,30,37)(H,31,38)(H,32,33);3H2,1-2H3/b13-10+;/t20-;/m0./s1. The van der Waals surface area contributed by atoms with Crippen LogP contribution in [-0.2, 0) is 19.1 Å². The van der Waals surface area contributed by atoms with Crippen molar-refractivity contribution in [3.63, 3.8) is 0 Å². The zero-order valence-electron chi connectivity index (χ0n) is 24.2. The van der Waals surface area contributed by atoms with Gasteiger partial charge in [0.25, 0.3) is 0 Å². The van der Waals surface area contributed by atoms with Gasteiger partial charge in [-0.1, -0.05) is 61.2 Å². The molecule has 4 aromatic rings. The van der Waals surface area contributed by atoms with Gasteiger partial charge in [-0.2, -0.15) is 4.68 Å². The Morgan fingerprint density at radius 3 is 2.70 bits per heavy atom. The number of nitrogens with one attached hydrogen (secondary N) is 3. The number of imidazole rings is 1. The van der Waals surface area contributed by atoms with Crippen molar-refractivity contribution in [2.45, 2.75) is 51.5 Å². The van der Waals surface area contributed by atoms with Gasteiger partial charge in [-0.15, -0.1) is 5.10 Å². The summed E-state index contributed by atoms with van der Waals surface area (Å²) in [5.74, 6) is 0.0214. The van der Waals surface area contributed by atoms with Gasteiger partial charge >= 0.3 is 5.97 Å². The number of esters is 1. The molecule has 2 aromatic carbocycles. The molecule has 0 spiro atoms. The van der Waals surface area contributed by atoms with Crippen molar-refractivity contribution in [2.75, 3.05) is 12.4 Å². The first-order chi connectivity index (χ1) is 21.3. The number of hydrogen-bond donors (Lipinski definition) is 3. The van der Waals surface area contributed by atoms with Gasteiger partial charge in [-0.3, -0.25) is 14.4 Å². The van der Waals surface area contributed by atoms with E-state index < -0.39 is 6.04 Å². The summed E-state index contributed by atoms with van der Waals surface area (Å²) >= 11 is 12.7. The number of aromatic nitrogens is 6. The number of H-pyrrole nitrogens is 1. The van der Waals surface area contributed by atoms with Crippen LogP contribution in [0.5, 0.6) is 0 Å². The fourth-order valence-electron chi connectivity index (χ4n) is 4.48. The molecular weight excluding hydrogens is 607 g/mol. The van der Waals surface area contributed by atoms with Gasteiger partial charge in [0.05, 0.1) is 24.5 Å². The first-order valence-electron chi connectivity index (χ1n) is 14.0. The van der Waals surface area contributed by atoms with Gasteiger partial charge in [-0.25, -0.2) is 4.98 Å². The SMILES string of the molecule is CCC(=O)OC.O=C(/C=C/c1cc(Cl)ccc1-n1cnnn1)N[C@H]1CCCCCC(=O)Nc2ccccc2-c2nc1[nH]c2Cl. The fraction of sp³-hybridized carbons (Fsp3) is 0.300. The number of amides is 2. The number of rotatable bonds is 5. The van der Waals surface area contributed by atoms with E-state index in [1.54, 1.807) is 31.2 Å². The minimum atomic E-state index is -0.409.